The molecule has 4 rings (SSSR count). The molecule has 0 amide bonds. The number of rotatable bonds is 0. The Balaban J connectivity index is 1.64. The van der Waals surface area contributed by atoms with E-state index in [9.17, 15) is 0 Å². The SMILES string of the molecule is CC#CC1=CC=C(C#C/C(C)=C(\C)C#Cc2cc(C#C/C=C(\N)C#Cc3ccc(C#CC)cc3)cc(C#C/C(C)=C(\C)C#Cc3ccc(C#CC)cc3)c2)CC1. The van der Waals surface area contributed by atoms with E-state index in [2.05, 4.69) is 119 Å². The normalized spacial score (nSPS) is 11.7. The Hall–Kier alpha value is -7.80. The molecule has 0 atom stereocenters. The van der Waals surface area contributed by atoms with Crippen LogP contribution in [-0.2, 0) is 0 Å². The van der Waals surface area contributed by atoms with Crippen LogP contribution in [0.1, 0.15) is 100 Å². The third kappa shape index (κ3) is 14.0. The highest BCUT2D eigenvalue weighted by atomic mass is 14.5. The number of nitrogens with two attached hydrogens (primary N) is 1. The van der Waals surface area contributed by atoms with Gasteiger partial charge in [-0.25, -0.2) is 0 Å². The first-order valence-electron chi connectivity index (χ1n) is 18.1. The summed E-state index contributed by atoms with van der Waals surface area (Å²) in [7, 11) is 0. The van der Waals surface area contributed by atoms with Gasteiger partial charge in [-0.05, 0) is 146 Å². The van der Waals surface area contributed by atoms with E-state index in [4.69, 9.17) is 5.73 Å². The van der Waals surface area contributed by atoms with Gasteiger partial charge in [-0.1, -0.05) is 82.9 Å². The van der Waals surface area contributed by atoms with Gasteiger partial charge >= 0.3 is 0 Å². The number of hydrogen-bond donors (Lipinski definition) is 1. The van der Waals surface area contributed by atoms with Gasteiger partial charge in [0.2, 0.25) is 0 Å². The molecule has 0 unspecified atom stereocenters. The number of hydrogen-bond acceptors (Lipinski definition) is 1. The van der Waals surface area contributed by atoms with Crippen molar-refractivity contribution < 1.29 is 0 Å². The molecule has 1 aliphatic carbocycles. The molecule has 0 aromatic heterocycles. The summed E-state index contributed by atoms with van der Waals surface area (Å²) in [5.74, 6) is 56.5. The van der Waals surface area contributed by atoms with E-state index in [-0.39, 0.29) is 0 Å². The van der Waals surface area contributed by atoms with E-state index in [0.29, 0.717) is 5.70 Å². The largest absolute Gasteiger partial charge is 0.391 e. The molecule has 0 heterocycles. The van der Waals surface area contributed by atoms with Crippen molar-refractivity contribution in [2.24, 2.45) is 5.73 Å². The van der Waals surface area contributed by atoms with E-state index in [0.717, 1.165) is 85.2 Å². The van der Waals surface area contributed by atoms with Crippen LogP contribution in [-0.4, -0.2) is 0 Å². The van der Waals surface area contributed by atoms with E-state index in [1.54, 1.807) is 6.08 Å². The van der Waals surface area contributed by atoms with Gasteiger partial charge in [-0.2, -0.15) is 0 Å². The minimum Gasteiger partial charge on any atom is -0.391 e. The maximum atomic E-state index is 6.18. The van der Waals surface area contributed by atoms with Gasteiger partial charge in [0.25, 0.3) is 0 Å². The lowest BCUT2D eigenvalue weighted by molar-refractivity contribution is 0.967. The van der Waals surface area contributed by atoms with Crippen molar-refractivity contribution in [2.75, 3.05) is 0 Å². The van der Waals surface area contributed by atoms with E-state index in [1.165, 1.54) is 0 Å². The molecule has 1 nitrogen and oxygen atoms in total. The van der Waals surface area contributed by atoms with Crippen molar-refractivity contribution >= 4 is 0 Å². The molecule has 0 aliphatic heterocycles. The summed E-state index contributed by atoms with van der Waals surface area (Å²) in [5, 5.41) is 0. The lowest BCUT2D eigenvalue weighted by Crippen LogP contribution is -1.92. The van der Waals surface area contributed by atoms with Crippen LogP contribution in [0.3, 0.4) is 0 Å². The van der Waals surface area contributed by atoms with Crippen LogP contribution >= 0.6 is 0 Å². The lowest BCUT2D eigenvalue weighted by atomic mass is 9.98. The monoisotopic (exact) mass is 715 g/mol. The molecule has 266 valence electrons. The maximum Gasteiger partial charge on any atom is 0.0915 e. The van der Waals surface area contributed by atoms with Crippen molar-refractivity contribution in [2.45, 2.75) is 61.3 Å². The summed E-state index contributed by atoms with van der Waals surface area (Å²) in [5.41, 5.74) is 18.4. The van der Waals surface area contributed by atoms with Crippen LogP contribution in [0.15, 0.2) is 124 Å². The van der Waals surface area contributed by atoms with Crippen LogP contribution in [0.5, 0.6) is 0 Å². The Kier molecular flexibility index (Phi) is 15.8. The minimum atomic E-state index is 0.362. The van der Waals surface area contributed by atoms with Crippen molar-refractivity contribution in [1.29, 1.82) is 0 Å². The van der Waals surface area contributed by atoms with Gasteiger partial charge in [0.05, 0.1) is 5.70 Å². The molecule has 1 heteroatoms. The fourth-order valence-electron chi connectivity index (χ4n) is 4.84. The zero-order valence-corrected chi connectivity index (χ0v) is 33.1. The molecule has 1 aliphatic rings. The van der Waals surface area contributed by atoms with Crippen LogP contribution in [0.2, 0.25) is 0 Å². The van der Waals surface area contributed by atoms with Gasteiger partial charge in [0, 0.05) is 78.5 Å². The number of allylic oxidation sites excluding steroid dienone is 10. The van der Waals surface area contributed by atoms with Gasteiger partial charge in [0.15, 0.2) is 0 Å². The van der Waals surface area contributed by atoms with Crippen LogP contribution in [0.4, 0.5) is 0 Å². The van der Waals surface area contributed by atoms with E-state index in [1.807, 2.05) is 115 Å². The highest BCUT2D eigenvalue weighted by Crippen LogP contribution is 2.17. The molecule has 0 bridgehead atoms. The minimum absolute atomic E-state index is 0.362. The van der Waals surface area contributed by atoms with Crippen LogP contribution in [0.25, 0.3) is 0 Å². The third-order valence-corrected chi connectivity index (χ3v) is 8.19. The molecule has 0 fully saturated rings. The standard InChI is InChI=1S/C55H41N/c1-8-12-46-25-31-49(32-26-46)21-17-42(4)44(6)19-23-53-39-52(15-11-16-55(56)38-37-51-35-29-48(14-10-3)30-36-51)40-54(41-53)24-20-45(7)43(5)18-22-50-33-27-47(13-9-2)28-34-50/h16,25-27,29-33,35-36,39-41H,28,34,56H2,1-7H3/b44-42+,45-43+,55-16-. The van der Waals surface area contributed by atoms with Gasteiger partial charge in [0.1, 0.15) is 0 Å². The summed E-state index contributed by atoms with van der Waals surface area (Å²) in [4.78, 5) is 0. The quantitative estimate of drug-likeness (QED) is 0.231. The molecule has 0 saturated carbocycles. The zero-order chi connectivity index (χ0) is 40.1. The average Bonchev–Trinajstić information content (AvgIpc) is 3.21. The second-order valence-electron chi connectivity index (χ2n) is 12.6. The Morgan fingerprint density at radius 2 is 0.768 bits per heavy atom. The van der Waals surface area contributed by atoms with Crippen LogP contribution < -0.4 is 5.73 Å². The smallest absolute Gasteiger partial charge is 0.0915 e. The Morgan fingerprint density at radius 3 is 1.18 bits per heavy atom. The molecular formula is C55H41N. The average molecular weight is 716 g/mol. The van der Waals surface area contributed by atoms with Crippen LogP contribution in [0, 0.1) is 107 Å². The third-order valence-electron chi connectivity index (χ3n) is 8.19. The Bertz CT molecular complexity index is 2770. The summed E-state index contributed by atoms with van der Waals surface area (Å²) in [6.07, 6.45) is 7.53. The van der Waals surface area contributed by atoms with Gasteiger partial charge in [-0.15, -0.1) is 17.8 Å². The topological polar surface area (TPSA) is 26.0 Å². The molecule has 0 saturated heterocycles. The predicted octanol–water partition coefficient (Wildman–Crippen LogP) is 9.78. The highest BCUT2D eigenvalue weighted by molar-refractivity contribution is 5.57. The molecule has 3 aromatic rings. The first kappa shape index (κ1) is 41.0. The summed E-state index contributed by atoms with van der Waals surface area (Å²) in [6.45, 7) is 13.4. The lowest BCUT2D eigenvalue weighted by Gasteiger charge is -2.05. The van der Waals surface area contributed by atoms with E-state index < -0.39 is 0 Å². The molecule has 0 radical (unpaired) electrons. The maximum absolute atomic E-state index is 6.18. The summed E-state index contributed by atoms with van der Waals surface area (Å²) >= 11 is 0. The van der Waals surface area contributed by atoms with Crippen molar-refractivity contribution in [1.82, 2.24) is 0 Å². The zero-order valence-electron chi connectivity index (χ0n) is 33.1. The second-order valence-corrected chi connectivity index (χ2v) is 12.6. The molecular weight excluding hydrogens is 675 g/mol. The number of benzene rings is 3. The first-order valence-corrected chi connectivity index (χ1v) is 18.1. The Morgan fingerprint density at radius 1 is 0.429 bits per heavy atom. The van der Waals surface area contributed by atoms with Gasteiger partial charge < -0.3 is 5.73 Å². The highest BCUT2D eigenvalue weighted by Gasteiger charge is 2.03. The molecule has 3 aromatic carbocycles. The van der Waals surface area contributed by atoms with Gasteiger partial charge in [-0.3, -0.25) is 0 Å². The fourth-order valence-corrected chi connectivity index (χ4v) is 4.84. The second kappa shape index (κ2) is 21.7. The fraction of sp³-hybridized carbons (Fsp3) is 0.164. The Labute approximate surface area is 335 Å². The summed E-state index contributed by atoms with van der Waals surface area (Å²) < 4.78 is 0. The predicted molar refractivity (Wildman–Crippen MR) is 234 cm³/mol. The van der Waals surface area contributed by atoms with Crippen molar-refractivity contribution in [3.8, 4) is 107 Å². The van der Waals surface area contributed by atoms with Crippen molar-refractivity contribution in [3.05, 3.63) is 163 Å². The first-order chi connectivity index (χ1) is 27.1. The van der Waals surface area contributed by atoms with Crippen molar-refractivity contribution in [3.63, 3.8) is 0 Å². The summed E-state index contributed by atoms with van der Waals surface area (Å²) in [6, 6.07) is 21.5. The molecule has 56 heavy (non-hydrogen) atoms. The molecule has 0 spiro atoms. The molecule has 2 N–H and O–H groups in total. The van der Waals surface area contributed by atoms with E-state index >= 15 is 0 Å².